The standard InChI is InChI=1S/C28H38N4O4/c33-21-29-11-13-31(14-12-29)27(34)16-23-9-10-32-19-24(23)5-3-15-36-26-6-2-1-4-25(26)18-30(20-28(32)35)17-22-7-8-22/h1-6,21-24H,7-20H2/b5-3-/t23-,24-/m0/s1. The summed E-state index contributed by atoms with van der Waals surface area (Å²) in [6.07, 6.45) is 8.87. The average molecular weight is 495 g/mol. The number of ether oxygens (including phenoxy) is 1. The monoisotopic (exact) mass is 494 g/mol. The highest BCUT2D eigenvalue weighted by Crippen LogP contribution is 2.32. The first-order valence-corrected chi connectivity index (χ1v) is 13.4. The molecule has 0 N–H and O–H groups in total. The fraction of sp³-hybridized carbons (Fsp3) is 0.607. The molecule has 2 saturated heterocycles. The van der Waals surface area contributed by atoms with Gasteiger partial charge in [0.2, 0.25) is 18.2 Å². The van der Waals surface area contributed by atoms with Crippen molar-refractivity contribution in [3.05, 3.63) is 42.0 Å². The lowest BCUT2D eigenvalue weighted by molar-refractivity contribution is -0.138. The van der Waals surface area contributed by atoms with Crippen molar-refractivity contribution in [3.8, 4) is 5.75 Å². The zero-order chi connectivity index (χ0) is 24.9. The van der Waals surface area contributed by atoms with Crippen LogP contribution in [0.3, 0.4) is 0 Å². The molecule has 5 rings (SSSR count). The van der Waals surface area contributed by atoms with E-state index in [4.69, 9.17) is 4.74 Å². The molecule has 1 aliphatic carbocycles. The summed E-state index contributed by atoms with van der Waals surface area (Å²) in [6, 6.07) is 8.13. The molecule has 8 nitrogen and oxygen atoms in total. The summed E-state index contributed by atoms with van der Waals surface area (Å²) in [5.41, 5.74) is 1.12. The van der Waals surface area contributed by atoms with E-state index < -0.39 is 0 Å². The first kappa shape index (κ1) is 24.8. The molecule has 2 atom stereocenters. The van der Waals surface area contributed by atoms with Crippen molar-refractivity contribution in [3.63, 3.8) is 0 Å². The number of carbonyl (C=O) groups excluding carboxylic acids is 3. The van der Waals surface area contributed by atoms with Gasteiger partial charge in [-0.2, -0.15) is 0 Å². The van der Waals surface area contributed by atoms with E-state index in [2.05, 4.69) is 23.1 Å². The third-order valence-electron chi connectivity index (χ3n) is 8.07. The number of fused-ring (bicyclic) bond motifs is 3. The van der Waals surface area contributed by atoms with Gasteiger partial charge in [-0.1, -0.05) is 30.4 Å². The molecule has 3 amide bonds. The van der Waals surface area contributed by atoms with Crippen LogP contribution in [0.5, 0.6) is 5.75 Å². The van der Waals surface area contributed by atoms with Crippen molar-refractivity contribution in [2.75, 3.05) is 59.0 Å². The van der Waals surface area contributed by atoms with Gasteiger partial charge in [-0.05, 0) is 43.1 Å². The SMILES string of the molecule is O=CN1CCN(C(=O)C[C@@H]2CCN3C[C@@H]2/C=C\COc2ccccc2CN(CC2CC2)CC3=O)CC1. The Kier molecular flexibility index (Phi) is 7.90. The molecule has 0 aromatic heterocycles. The van der Waals surface area contributed by atoms with Gasteiger partial charge < -0.3 is 19.4 Å². The van der Waals surface area contributed by atoms with E-state index in [0.29, 0.717) is 71.3 Å². The Morgan fingerprint density at radius 1 is 1.03 bits per heavy atom. The van der Waals surface area contributed by atoms with Crippen LogP contribution in [0.25, 0.3) is 0 Å². The number of benzene rings is 1. The van der Waals surface area contributed by atoms with Crippen molar-refractivity contribution in [1.29, 1.82) is 0 Å². The predicted molar refractivity (Wildman–Crippen MR) is 136 cm³/mol. The van der Waals surface area contributed by atoms with Gasteiger partial charge in [-0.25, -0.2) is 0 Å². The summed E-state index contributed by atoms with van der Waals surface area (Å²) < 4.78 is 6.15. The number of para-hydroxylation sites is 1. The van der Waals surface area contributed by atoms with Crippen LogP contribution in [0.2, 0.25) is 0 Å². The van der Waals surface area contributed by atoms with Gasteiger partial charge in [0.1, 0.15) is 12.4 Å². The molecule has 194 valence electrons. The summed E-state index contributed by atoms with van der Waals surface area (Å²) in [7, 11) is 0. The lowest BCUT2D eigenvalue weighted by Crippen LogP contribution is -2.50. The smallest absolute Gasteiger partial charge is 0.236 e. The number of nitrogens with zero attached hydrogens (tertiary/aromatic N) is 4. The second-order valence-electron chi connectivity index (χ2n) is 10.7. The molecule has 3 aliphatic heterocycles. The number of hydrogen-bond acceptors (Lipinski definition) is 5. The highest BCUT2D eigenvalue weighted by atomic mass is 16.5. The summed E-state index contributed by atoms with van der Waals surface area (Å²) in [6.45, 7) is 6.30. The van der Waals surface area contributed by atoms with Crippen molar-refractivity contribution < 1.29 is 19.1 Å². The summed E-state index contributed by atoms with van der Waals surface area (Å²) in [4.78, 5) is 45.4. The van der Waals surface area contributed by atoms with Gasteiger partial charge in [0, 0.05) is 64.3 Å². The maximum Gasteiger partial charge on any atom is 0.236 e. The summed E-state index contributed by atoms with van der Waals surface area (Å²) >= 11 is 0. The molecular formula is C28H38N4O4. The van der Waals surface area contributed by atoms with Gasteiger partial charge in [0.05, 0.1) is 6.54 Å². The zero-order valence-corrected chi connectivity index (χ0v) is 21.1. The van der Waals surface area contributed by atoms with Crippen LogP contribution in [-0.4, -0.2) is 96.8 Å². The topological polar surface area (TPSA) is 73.4 Å². The third-order valence-corrected chi connectivity index (χ3v) is 8.07. The lowest BCUT2D eigenvalue weighted by atomic mass is 9.82. The van der Waals surface area contributed by atoms with Crippen LogP contribution in [0.4, 0.5) is 0 Å². The second kappa shape index (κ2) is 11.5. The van der Waals surface area contributed by atoms with Crippen molar-refractivity contribution in [2.24, 2.45) is 17.8 Å². The highest BCUT2D eigenvalue weighted by Gasteiger charge is 2.34. The Bertz CT molecular complexity index is 970. The lowest BCUT2D eigenvalue weighted by Gasteiger charge is -2.39. The largest absolute Gasteiger partial charge is 0.489 e. The number of carbonyl (C=O) groups is 3. The number of rotatable bonds is 5. The quantitative estimate of drug-likeness (QED) is 0.463. The predicted octanol–water partition coefficient (Wildman–Crippen LogP) is 2.00. The van der Waals surface area contributed by atoms with E-state index in [9.17, 15) is 14.4 Å². The molecule has 8 heteroatoms. The van der Waals surface area contributed by atoms with E-state index in [1.807, 2.05) is 28.0 Å². The molecule has 2 bridgehead atoms. The Morgan fingerprint density at radius 2 is 1.83 bits per heavy atom. The molecule has 3 heterocycles. The zero-order valence-electron chi connectivity index (χ0n) is 21.1. The number of hydrogen-bond donors (Lipinski definition) is 0. The van der Waals surface area contributed by atoms with Crippen molar-refractivity contribution >= 4 is 18.2 Å². The second-order valence-corrected chi connectivity index (χ2v) is 10.7. The van der Waals surface area contributed by atoms with Gasteiger partial charge in [0.15, 0.2) is 0 Å². The fourth-order valence-corrected chi connectivity index (χ4v) is 5.68. The number of piperazine rings is 1. The average Bonchev–Trinajstić information content (AvgIpc) is 3.71. The van der Waals surface area contributed by atoms with Gasteiger partial charge in [-0.3, -0.25) is 19.3 Å². The van der Waals surface area contributed by atoms with E-state index in [0.717, 1.165) is 30.7 Å². The Hall–Kier alpha value is -2.87. The van der Waals surface area contributed by atoms with Crippen LogP contribution in [0.15, 0.2) is 36.4 Å². The van der Waals surface area contributed by atoms with E-state index in [1.165, 1.54) is 12.8 Å². The van der Waals surface area contributed by atoms with Gasteiger partial charge in [-0.15, -0.1) is 0 Å². The molecule has 0 unspecified atom stereocenters. The molecule has 36 heavy (non-hydrogen) atoms. The molecule has 1 aromatic rings. The molecule has 0 radical (unpaired) electrons. The summed E-state index contributed by atoms with van der Waals surface area (Å²) in [5.74, 6) is 2.23. The van der Waals surface area contributed by atoms with E-state index in [1.54, 1.807) is 4.90 Å². The first-order valence-electron chi connectivity index (χ1n) is 13.4. The molecule has 4 aliphatic rings. The maximum atomic E-state index is 13.4. The van der Waals surface area contributed by atoms with E-state index in [-0.39, 0.29) is 23.7 Å². The van der Waals surface area contributed by atoms with Crippen molar-refractivity contribution in [1.82, 2.24) is 19.6 Å². The highest BCUT2D eigenvalue weighted by molar-refractivity contribution is 5.79. The Balaban J connectivity index is 1.29. The third kappa shape index (κ3) is 6.27. The van der Waals surface area contributed by atoms with Crippen LogP contribution in [0.1, 0.15) is 31.2 Å². The van der Waals surface area contributed by atoms with Crippen LogP contribution in [-0.2, 0) is 20.9 Å². The molecule has 1 aromatic carbocycles. The Labute approximate surface area is 213 Å². The first-order chi connectivity index (χ1) is 17.6. The molecule has 1 saturated carbocycles. The minimum atomic E-state index is 0.124. The fourth-order valence-electron chi connectivity index (χ4n) is 5.68. The Morgan fingerprint density at radius 3 is 2.61 bits per heavy atom. The van der Waals surface area contributed by atoms with E-state index >= 15 is 0 Å². The van der Waals surface area contributed by atoms with Crippen molar-refractivity contribution in [2.45, 2.75) is 32.2 Å². The van der Waals surface area contributed by atoms with Crippen LogP contribution >= 0.6 is 0 Å². The number of piperidine rings is 1. The summed E-state index contributed by atoms with van der Waals surface area (Å²) in [5, 5.41) is 0. The van der Waals surface area contributed by atoms with Crippen LogP contribution in [0, 0.1) is 17.8 Å². The molecule has 3 fully saturated rings. The molecule has 0 spiro atoms. The molecular weight excluding hydrogens is 456 g/mol. The minimum Gasteiger partial charge on any atom is -0.489 e. The normalized spacial score (nSPS) is 26.7. The van der Waals surface area contributed by atoms with Gasteiger partial charge >= 0.3 is 0 Å². The maximum absolute atomic E-state index is 13.4. The minimum absolute atomic E-state index is 0.124. The number of amides is 3. The van der Waals surface area contributed by atoms with Crippen LogP contribution < -0.4 is 4.74 Å². The van der Waals surface area contributed by atoms with Gasteiger partial charge in [0.25, 0.3) is 0 Å².